The number of aromatic amines is 1. The molecule has 0 saturated carbocycles. The van der Waals surface area contributed by atoms with Gasteiger partial charge in [0.1, 0.15) is 11.0 Å². The van der Waals surface area contributed by atoms with E-state index in [2.05, 4.69) is 4.98 Å². The molecule has 0 fully saturated rings. The molecular formula is C12H7F3N2O2. The van der Waals surface area contributed by atoms with Crippen molar-refractivity contribution in [3.63, 3.8) is 0 Å². The highest BCUT2D eigenvalue weighted by Crippen LogP contribution is 2.38. The number of nitrogens with one attached hydrogen (secondary N) is 1. The summed E-state index contributed by atoms with van der Waals surface area (Å²) >= 11 is 0. The SMILES string of the molecule is O=c1[nH]c2c(O)c(C(F)(F)F)ccc2n2cccc12. The fourth-order valence-electron chi connectivity index (χ4n) is 2.09. The molecule has 2 N–H and O–H groups in total. The first-order chi connectivity index (χ1) is 8.89. The lowest BCUT2D eigenvalue weighted by molar-refractivity contribution is -0.138. The standard InChI is InChI=1S/C12H7F3N2O2/c13-12(14,15)6-3-4-7-9(10(6)18)16-11(19)8-2-1-5-17(7)8/h1-5,18H,(H,16,19). The molecule has 3 aromatic rings. The maximum absolute atomic E-state index is 12.7. The molecule has 3 rings (SSSR count). The molecule has 98 valence electrons. The topological polar surface area (TPSA) is 57.5 Å². The van der Waals surface area contributed by atoms with Gasteiger partial charge < -0.3 is 14.5 Å². The van der Waals surface area contributed by atoms with Crippen LogP contribution in [0.5, 0.6) is 5.75 Å². The number of nitrogens with zero attached hydrogens (tertiary/aromatic N) is 1. The number of fused-ring (bicyclic) bond motifs is 3. The highest BCUT2D eigenvalue weighted by atomic mass is 19.4. The van der Waals surface area contributed by atoms with Crippen LogP contribution < -0.4 is 5.56 Å². The summed E-state index contributed by atoms with van der Waals surface area (Å²) in [6, 6.07) is 5.13. The second kappa shape index (κ2) is 3.53. The maximum atomic E-state index is 12.7. The van der Waals surface area contributed by atoms with E-state index in [0.717, 1.165) is 6.07 Å². The van der Waals surface area contributed by atoms with Crippen molar-refractivity contribution in [2.24, 2.45) is 0 Å². The van der Waals surface area contributed by atoms with E-state index in [0.29, 0.717) is 11.0 Å². The number of hydrogen-bond donors (Lipinski definition) is 2. The van der Waals surface area contributed by atoms with E-state index in [1.54, 1.807) is 12.3 Å². The van der Waals surface area contributed by atoms with Crippen molar-refractivity contribution in [2.75, 3.05) is 0 Å². The van der Waals surface area contributed by atoms with Gasteiger partial charge in [-0.25, -0.2) is 0 Å². The van der Waals surface area contributed by atoms with Gasteiger partial charge in [-0.1, -0.05) is 0 Å². The Morgan fingerprint density at radius 1 is 1.16 bits per heavy atom. The van der Waals surface area contributed by atoms with E-state index < -0.39 is 23.0 Å². The number of hydrogen-bond acceptors (Lipinski definition) is 2. The second-order valence-corrected chi connectivity index (χ2v) is 4.07. The van der Waals surface area contributed by atoms with E-state index in [1.807, 2.05) is 0 Å². The van der Waals surface area contributed by atoms with Crippen LogP contribution in [0.1, 0.15) is 5.56 Å². The molecule has 0 atom stereocenters. The third kappa shape index (κ3) is 1.58. The third-order valence-corrected chi connectivity index (χ3v) is 2.94. The molecule has 0 aliphatic rings. The normalized spacial score (nSPS) is 12.4. The Kier molecular flexibility index (Phi) is 2.16. The molecule has 1 aromatic carbocycles. The zero-order chi connectivity index (χ0) is 13.8. The van der Waals surface area contributed by atoms with Gasteiger partial charge in [-0.2, -0.15) is 13.2 Å². The lowest BCUT2D eigenvalue weighted by Gasteiger charge is -2.11. The molecule has 4 nitrogen and oxygen atoms in total. The number of phenols is 1. The number of H-pyrrole nitrogens is 1. The number of aromatic nitrogens is 2. The largest absolute Gasteiger partial charge is 0.505 e. The number of halogens is 3. The van der Waals surface area contributed by atoms with Crippen LogP contribution in [-0.4, -0.2) is 14.5 Å². The Morgan fingerprint density at radius 3 is 2.58 bits per heavy atom. The minimum Gasteiger partial charge on any atom is -0.505 e. The van der Waals surface area contributed by atoms with E-state index >= 15 is 0 Å². The fraction of sp³-hybridized carbons (Fsp3) is 0.0833. The summed E-state index contributed by atoms with van der Waals surface area (Å²) in [5.41, 5.74) is -1.38. The predicted molar refractivity (Wildman–Crippen MR) is 62.2 cm³/mol. The Balaban J connectivity index is 2.51. The van der Waals surface area contributed by atoms with E-state index in [4.69, 9.17) is 0 Å². The van der Waals surface area contributed by atoms with Crippen molar-refractivity contribution in [2.45, 2.75) is 6.18 Å². The fourth-order valence-corrected chi connectivity index (χ4v) is 2.09. The number of phenolic OH excluding ortho intramolecular Hbond substituents is 1. The molecule has 7 heteroatoms. The van der Waals surface area contributed by atoms with Gasteiger partial charge in [0.15, 0.2) is 5.75 Å². The number of alkyl halides is 3. The van der Waals surface area contributed by atoms with Crippen molar-refractivity contribution in [3.8, 4) is 5.75 Å². The average Bonchev–Trinajstić information content (AvgIpc) is 2.79. The maximum Gasteiger partial charge on any atom is 0.420 e. The summed E-state index contributed by atoms with van der Waals surface area (Å²) in [6.45, 7) is 0. The molecule has 0 amide bonds. The van der Waals surface area contributed by atoms with Crippen LogP contribution in [0.15, 0.2) is 35.3 Å². The number of benzene rings is 1. The van der Waals surface area contributed by atoms with Gasteiger partial charge >= 0.3 is 6.18 Å². The first-order valence-electron chi connectivity index (χ1n) is 5.32. The van der Waals surface area contributed by atoms with Gasteiger partial charge in [0, 0.05) is 6.20 Å². The summed E-state index contributed by atoms with van der Waals surface area (Å²) in [5, 5.41) is 9.70. The molecule has 19 heavy (non-hydrogen) atoms. The van der Waals surface area contributed by atoms with Crippen LogP contribution in [0.25, 0.3) is 16.6 Å². The third-order valence-electron chi connectivity index (χ3n) is 2.94. The molecule has 0 aliphatic carbocycles. The number of aromatic hydroxyl groups is 1. The van der Waals surface area contributed by atoms with Gasteiger partial charge in [0.05, 0.1) is 11.1 Å². The van der Waals surface area contributed by atoms with Gasteiger partial charge in [0.2, 0.25) is 0 Å². The van der Waals surface area contributed by atoms with Crippen molar-refractivity contribution >= 4 is 16.6 Å². The van der Waals surface area contributed by atoms with Crippen LogP contribution >= 0.6 is 0 Å². The minimum absolute atomic E-state index is 0.233. The van der Waals surface area contributed by atoms with Crippen molar-refractivity contribution in [3.05, 3.63) is 46.4 Å². The Labute approximate surface area is 103 Å². The van der Waals surface area contributed by atoms with Crippen molar-refractivity contribution < 1.29 is 18.3 Å². The summed E-state index contributed by atoms with van der Waals surface area (Å²) in [7, 11) is 0. The highest BCUT2D eigenvalue weighted by molar-refractivity contribution is 5.85. The Bertz CT molecular complexity index is 846. The monoisotopic (exact) mass is 268 g/mol. The smallest absolute Gasteiger partial charge is 0.420 e. The Hall–Kier alpha value is -2.44. The van der Waals surface area contributed by atoms with Gasteiger partial charge in [-0.05, 0) is 24.3 Å². The second-order valence-electron chi connectivity index (χ2n) is 4.07. The van der Waals surface area contributed by atoms with E-state index in [-0.39, 0.29) is 5.52 Å². The average molecular weight is 268 g/mol. The molecule has 0 aliphatic heterocycles. The van der Waals surface area contributed by atoms with Gasteiger partial charge in [-0.3, -0.25) is 4.79 Å². The Morgan fingerprint density at radius 2 is 1.89 bits per heavy atom. The molecule has 0 radical (unpaired) electrons. The molecule has 0 saturated heterocycles. The molecule has 2 heterocycles. The first-order valence-corrected chi connectivity index (χ1v) is 5.32. The zero-order valence-corrected chi connectivity index (χ0v) is 9.32. The highest BCUT2D eigenvalue weighted by Gasteiger charge is 2.34. The first kappa shape index (κ1) is 11.6. The van der Waals surface area contributed by atoms with Gasteiger partial charge in [0.25, 0.3) is 5.56 Å². The summed E-state index contributed by atoms with van der Waals surface area (Å²) in [6.07, 6.45) is -3.14. The summed E-state index contributed by atoms with van der Waals surface area (Å²) in [4.78, 5) is 14.0. The number of rotatable bonds is 0. The van der Waals surface area contributed by atoms with Crippen molar-refractivity contribution in [1.29, 1.82) is 0 Å². The lowest BCUT2D eigenvalue weighted by atomic mass is 10.1. The van der Waals surface area contributed by atoms with E-state index in [9.17, 15) is 23.1 Å². The molecule has 0 unspecified atom stereocenters. The molecule has 0 bridgehead atoms. The van der Waals surface area contributed by atoms with Crippen molar-refractivity contribution in [1.82, 2.24) is 9.38 Å². The minimum atomic E-state index is -4.68. The molecule has 0 spiro atoms. The van der Waals surface area contributed by atoms with Crippen LogP contribution in [0.3, 0.4) is 0 Å². The van der Waals surface area contributed by atoms with Crippen LogP contribution in [-0.2, 0) is 6.18 Å². The predicted octanol–water partition coefficient (Wildman–Crippen LogP) is 2.51. The molecular weight excluding hydrogens is 261 g/mol. The van der Waals surface area contributed by atoms with Gasteiger partial charge in [-0.15, -0.1) is 0 Å². The quantitative estimate of drug-likeness (QED) is 0.658. The van der Waals surface area contributed by atoms with Crippen LogP contribution in [0.4, 0.5) is 13.2 Å². The lowest BCUT2D eigenvalue weighted by Crippen LogP contribution is -2.12. The van der Waals surface area contributed by atoms with E-state index in [1.165, 1.54) is 16.5 Å². The zero-order valence-electron chi connectivity index (χ0n) is 9.32. The van der Waals surface area contributed by atoms with Crippen LogP contribution in [0, 0.1) is 0 Å². The summed E-state index contributed by atoms with van der Waals surface area (Å²) < 4.78 is 39.4. The summed E-state index contributed by atoms with van der Waals surface area (Å²) in [5.74, 6) is -0.974. The molecule has 2 aromatic heterocycles. The van der Waals surface area contributed by atoms with Crippen LogP contribution in [0.2, 0.25) is 0 Å².